The fourth-order valence-corrected chi connectivity index (χ4v) is 1.48. The molecule has 3 N–H and O–H groups in total. The van der Waals surface area contributed by atoms with Gasteiger partial charge in [0.15, 0.2) is 5.82 Å². The van der Waals surface area contributed by atoms with Crippen molar-refractivity contribution in [2.24, 2.45) is 5.84 Å². The zero-order valence-electron chi connectivity index (χ0n) is 9.09. The smallest absolute Gasteiger partial charge is 0.179 e. The van der Waals surface area contributed by atoms with Crippen LogP contribution >= 0.6 is 0 Å². The molecule has 6 nitrogen and oxygen atoms in total. The highest BCUT2D eigenvalue weighted by atomic mass is 15.3. The Labute approximate surface area is 93.5 Å². The summed E-state index contributed by atoms with van der Waals surface area (Å²) < 4.78 is 1.88. The van der Waals surface area contributed by atoms with E-state index in [1.165, 1.54) is 0 Å². The van der Waals surface area contributed by atoms with Crippen molar-refractivity contribution in [3.63, 3.8) is 0 Å². The van der Waals surface area contributed by atoms with Gasteiger partial charge in [-0.3, -0.25) is 4.68 Å². The zero-order chi connectivity index (χ0) is 11.4. The molecule has 2 heterocycles. The Morgan fingerprint density at radius 3 is 3.00 bits per heavy atom. The largest absolute Gasteiger partial charge is 0.308 e. The van der Waals surface area contributed by atoms with Crippen molar-refractivity contribution < 1.29 is 0 Å². The molecule has 0 saturated heterocycles. The molecule has 2 aromatic rings. The van der Waals surface area contributed by atoms with Gasteiger partial charge in [0.2, 0.25) is 0 Å². The molecule has 84 valence electrons. The Hall–Kier alpha value is -1.95. The van der Waals surface area contributed by atoms with E-state index in [0.29, 0.717) is 11.6 Å². The molecule has 0 aliphatic rings. The van der Waals surface area contributed by atoms with E-state index in [9.17, 15) is 0 Å². The summed E-state index contributed by atoms with van der Waals surface area (Å²) in [6.45, 7) is 2.95. The first kappa shape index (κ1) is 10.6. The van der Waals surface area contributed by atoms with Gasteiger partial charge >= 0.3 is 0 Å². The lowest BCUT2D eigenvalue weighted by Crippen LogP contribution is -2.10. The number of hydrogen-bond donors (Lipinski definition) is 2. The first-order valence-electron chi connectivity index (χ1n) is 5.17. The molecule has 0 aliphatic heterocycles. The normalized spacial score (nSPS) is 10.4. The van der Waals surface area contributed by atoms with Crippen molar-refractivity contribution in [3.8, 4) is 11.5 Å². The number of nitrogens with zero attached hydrogens (tertiary/aromatic N) is 4. The summed E-state index contributed by atoms with van der Waals surface area (Å²) in [7, 11) is 0. The van der Waals surface area contributed by atoms with Crippen molar-refractivity contribution in [2.75, 3.05) is 5.43 Å². The minimum Gasteiger partial charge on any atom is -0.308 e. The molecular weight excluding hydrogens is 204 g/mol. The van der Waals surface area contributed by atoms with E-state index in [1.807, 2.05) is 10.7 Å². The van der Waals surface area contributed by atoms with Crippen molar-refractivity contribution >= 4 is 5.82 Å². The van der Waals surface area contributed by atoms with Gasteiger partial charge in [0.1, 0.15) is 11.5 Å². The van der Waals surface area contributed by atoms with Crippen LogP contribution in [0.4, 0.5) is 5.82 Å². The van der Waals surface area contributed by atoms with Gasteiger partial charge in [0.05, 0.1) is 0 Å². The van der Waals surface area contributed by atoms with Crippen LogP contribution in [0.1, 0.15) is 13.3 Å². The fraction of sp³-hybridized carbons (Fsp3) is 0.300. The Morgan fingerprint density at radius 2 is 2.25 bits per heavy atom. The predicted molar refractivity (Wildman–Crippen MR) is 61.4 cm³/mol. The van der Waals surface area contributed by atoms with Gasteiger partial charge in [-0.2, -0.15) is 5.10 Å². The number of anilines is 1. The minimum absolute atomic E-state index is 0.592. The topological polar surface area (TPSA) is 81.7 Å². The van der Waals surface area contributed by atoms with Crippen molar-refractivity contribution in [1.29, 1.82) is 0 Å². The van der Waals surface area contributed by atoms with Crippen LogP contribution in [0.15, 0.2) is 24.5 Å². The molecule has 0 radical (unpaired) electrons. The Kier molecular flexibility index (Phi) is 3.11. The SMILES string of the molecule is CCCn1nccc1-c1nccc(NN)n1. The number of nitrogens with two attached hydrogens (primary N) is 1. The Morgan fingerprint density at radius 1 is 1.38 bits per heavy atom. The van der Waals surface area contributed by atoms with E-state index in [2.05, 4.69) is 27.4 Å². The second kappa shape index (κ2) is 4.71. The number of rotatable bonds is 4. The van der Waals surface area contributed by atoms with Crippen LogP contribution in [0.2, 0.25) is 0 Å². The second-order valence-corrected chi connectivity index (χ2v) is 3.35. The van der Waals surface area contributed by atoms with E-state index in [0.717, 1.165) is 18.7 Å². The third-order valence-electron chi connectivity index (χ3n) is 2.18. The van der Waals surface area contributed by atoms with E-state index >= 15 is 0 Å². The van der Waals surface area contributed by atoms with Crippen molar-refractivity contribution in [3.05, 3.63) is 24.5 Å². The molecule has 2 aromatic heterocycles. The fourth-order valence-electron chi connectivity index (χ4n) is 1.48. The molecule has 0 atom stereocenters. The predicted octanol–water partition coefficient (Wildman–Crippen LogP) is 1.04. The van der Waals surface area contributed by atoms with Gasteiger partial charge in [-0.15, -0.1) is 0 Å². The molecule has 0 saturated carbocycles. The quantitative estimate of drug-likeness (QED) is 0.591. The van der Waals surface area contributed by atoms with Crippen LogP contribution in [0, 0.1) is 0 Å². The summed E-state index contributed by atoms with van der Waals surface area (Å²) in [5.41, 5.74) is 3.40. The Bertz CT molecular complexity index is 464. The first-order valence-corrected chi connectivity index (χ1v) is 5.17. The van der Waals surface area contributed by atoms with Crippen molar-refractivity contribution in [1.82, 2.24) is 19.7 Å². The third-order valence-corrected chi connectivity index (χ3v) is 2.18. The number of nitrogen functional groups attached to an aromatic ring is 1. The summed E-state index contributed by atoms with van der Waals surface area (Å²) in [5.74, 6) is 6.52. The number of aromatic nitrogens is 4. The molecule has 2 rings (SSSR count). The van der Waals surface area contributed by atoms with E-state index in [1.54, 1.807) is 18.5 Å². The molecule has 0 amide bonds. The van der Waals surface area contributed by atoms with Crippen LogP contribution in [0.3, 0.4) is 0 Å². The summed E-state index contributed by atoms with van der Waals surface area (Å²) >= 11 is 0. The highest BCUT2D eigenvalue weighted by molar-refractivity contribution is 5.51. The molecule has 0 aromatic carbocycles. The van der Waals surface area contributed by atoms with Gasteiger partial charge in [-0.25, -0.2) is 15.8 Å². The van der Waals surface area contributed by atoms with Crippen LogP contribution in [-0.2, 0) is 6.54 Å². The van der Waals surface area contributed by atoms with Crippen LogP contribution in [-0.4, -0.2) is 19.7 Å². The standard InChI is InChI=1S/C10H14N6/c1-2-7-16-8(3-6-13-16)10-12-5-4-9(14-10)15-11/h3-6H,2,7,11H2,1H3,(H,12,14,15). The Balaban J connectivity index is 2.37. The third kappa shape index (κ3) is 2.01. The van der Waals surface area contributed by atoms with Gasteiger partial charge in [-0.05, 0) is 12.5 Å². The zero-order valence-corrected chi connectivity index (χ0v) is 9.09. The lowest BCUT2D eigenvalue weighted by molar-refractivity contribution is 0.607. The summed E-state index contributed by atoms with van der Waals surface area (Å²) in [5, 5.41) is 4.22. The maximum Gasteiger partial charge on any atom is 0.179 e. The lowest BCUT2D eigenvalue weighted by Gasteiger charge is -2.05. The van der Waals surface area contributed by atoms with E-state index in [4.69, 9.17) is 5.84 Å². The molecule has 0 unspecified atom stereocenters. The van der Waals surface area contributed by atoms with Crippen LogP contribution in [0.5, 0.6) is 0 Å². The van der Waals surface area contributed by atoms with Gasteiger partial charge in [0.25, 0.3) is 0 Å². The summed E-state index contributed by atoms with van der Waals surface area (Å²) in [6.07, 6.45) is 4.43. The summed E-state index contributed by atoms with van der Waals surface area (Å²) in [6, 6.07) is 3.61. The number of aryl methyl sites for hydroxylation is 1. The average Bonchev–Trinajstić information content (AvgIpc) is 2.78. The van der Waals surface area contributed by atoms with Crippen molar-refractivity contribution in [2.45, 2.75) is 19.9 Å². The maximum absolute atomic E-state index is 5.31. The second-order valence-electron chi connectivity index (χ2n) is 3.35. The highest BCUT2D eigenvalue weighted by Crippen LogP contribution is 2.15. The van der Waals surface area contributed by atoms with Gasteiger partial charge in [-0.1, -0.05) is 6.92 Å². The number of hydrazine groups is 1. The van der Waals surface area contributed by atoms with Crippen LogP contribution in [0.25, 0.3) is 11.5 Å². The molecular formula is C10H14N6. The monoisotopic (exact) mass is 218 g/mol. The minimum atomic E-state index is 0.592. The lowest BCUT2D eigenvalue weighted by atomic mass is 10.3. The molecule has 0 spiro atoms. The number of nitrogens with one attached hydrogen (secondary N) is 1. The maximum atomic E-state index is 5.31. The number of hydrogen-bond acceptors (Lipinski definition) is 5. The molecule has 0 aliphatic carbocycles. The molecule has 0 fully saturated rings. The van der Waals surface area contributed by atoms with E-state index in [-0.39, 0.29) is 0 Å². The highest BCUT2D eigenvalue weighted by Gasteiger charge is 2.07. The van der Waals surface area contributed by atoms with Gasteiger partial charge in [0, 0.05) is 25.0 Å². The van der Waals surface area contributed by atoms with Gasteiger partial charge < -0.3 is 5.43 Å². The molecule has 6 heteroatoms. The summed E-state index contributed by atoms with van der Waals surface area (Å²) in [4.78, 5) is 8.47. The average molecular weight is 218 g/mol. The molecule has 0 bridgehead atoms. The first-order chi connectivity index (χ1) is 7.85. The molecule has 16 heavy (non-hydrogen) atoms. The van der Waals surface area contributed by atoms with Crippen LogP contribution < -0.4 is 11.3 Å². The van der Waals surface area contributed by atoms with E-state index < -0.39 is 0 Å².